The van der Waals surface area contributed by atoms with E-state index in [1.54, 1.807) is 12.4 Å². The van der Waals surface area contributed by atoms with Gasteiger partial charge in [-0.3, -0.25) is 4.79 Å². The summed E-state index contributed by atoms with van der Waals surface area (Å²) >= 11 is 0. The summed E-state index contributed by atoms with van der Waals surface area (Å²) in [7, 11) is 2.17. The van der Waals surface area contributed by atoms with Gasteiger partial charge in [0.2, 0.25) is 0 Å². The monoisotopic (exact) mass is 375 g/mol. The highest BCUT2D eigenvalue weighted by Gasteiger charge is 2.36. The maximum absolute atomic E-state index is 12.9. The second kappa shape index (κ2) is 9.08. The average molecular weight is 376 g/mol. The molecule has 0 bridgehead atoms. The lowest BCUT2D eigenvalue weighted by Crippen LogP contribution is -2.36. The van der Waals surface area contributed by atoms with Gasteiger partial charge in [-0.1, -0.05) is 13.8 Å². The van der Waals surface area contributed by atoms with Crippen molar-refractivity contribution in [1.29, 1.82) is 0 Å². The number of aromatic nitrogens is 2. The number of likely N-dealkylation sites (tertiary alicyclic amines) is 1. The quantitative estimate of drug-likeness (QED) is 0.825. The number of nitrogens with zero attached hydrogens (tertiary/aromatic N) is 5. The molecule has 0 aromatic carbocycles. The first-order valence-corrected chi connectivity index (χ1v) is 10.1. The van der Waals surface area contributed by atoms with Gasteiger partial charge in [-0.15, -0.1) is 0 Å². The van der Waals surface area contributed by atoms with Crippen LogP contribution in [-0.2, 0) is 0 Å². The summed E-state index contributed by atoms with van der Waals surface area (Å²) < 4.78 is 0. The third-order valence-electron chi connectivity index (χ3n) is 5.84. The lowest BCUT2D eigenvalue weighted by molar-refractivity contribution is 0.0778. The fourth-order valence-corrected chi connectivity index (χ4v) is 4.06. The number of rotatable bonds is 5. The Morgan fingerprint density at radius 1 is 1.15 bits per heavy atom. The number of hydrogen-bond acceptors (Lipinski definition) is 6. The summed E-state index contributed by atoms with van der Waals surface area (Å²) in [6.45, 7) is 10.8. The molecule has 27 heavy (non-hydrogen) atoms. The minimum Gasteiger partial charge on any atom is -0.396 e. The average Bonchev–Trinajstić information content (AvgIpc) is 2.96. The molecule has 7 nitrogen and oxygen atoms in total. The molecule has 0 radical (unpaired) electrons. The van der Waals surface area contributed by atoms with Crippen LogP contribution in [0.3, 0.4) is 0 Å². The maximum atomic E-state index is 12.9. The standard InChI is InChI=1S/C20H33N5O2/c1-15(2)19-21-9-16(10-22-19)20(27)25-12-17(18(13-25)14-26)11-24-6-4-5-23(3)7-8-24/h9-10,15,17-18,26H,4-8,11-14H2,1-3H3/t17-,18-/m1/s1. The van der Waals surface area contributed by atoms with Crippen LogP contribution in [0.4, 0.5) is 0 Å². The summed E-state index contributed by atoms with van der Waals surface area (Å²) in [5, 5.41) is 9.84. The highest BCUT2D eigenvalue weighted by molar-refractivity contribution is 5.93. The van der Waals surface area contributed by atoms with Crippen LogP contribution >= 0.6 is 0 Å². The van der Waals surface area contributed by atoms with Gasteiger partial charge >= 0.3 is 0 Å². The second-order valence-electron chi connectivity index (χ2n) is 8.35. The number of aliphatic hydroxyl groups excluding tert-OH is 1. The fourth-order valence-electron chi connectivity index (χ4n) is 4.06. The molecule has 1 aromatic rings. The minimum atomic E-state index is -0.0261. The van der Waals surface area contributed by atoms with E-state index in [1.165, 1.54) is 6.42 Å². The molecule has 2 atom stereocenters. The van der Waals surface area contributed by atoms with Crippen LogP contribution in [0.2, 0.25) is 0 Å². The molecule has 0 unspecified atom stereocenters. The molecule has 3 heterocycles. The molecule has 150 valence electrons. The Morgan fingerprint density at radius 2 is 1.85 bits per heavy atom. The van der Waals surface area contributed by atoms with E-state index < -0.39 is 0 Å². The van der Waals surface area contributed by atoms with Crippen LogP contribution in [0.1, 0.15) is 42.4 Å². The van der Waals surface area contributed by atoms with Crippen molar-refractivity contribution in [3.8, 4) is 0 Å². The Bertz CT molecular complexity index is 621. The van der Waals surface area contributed by atoms with Gasteiger partial charge in [0.1, 0.15) is 5.82 Å². The van der Waals surface area contributed by atoms with E-state index in [-0.39, 0.29) is 24.3 Å². The van der Waals surface area contributed by atoms with Crippen LogP contribution in [0.15, 0.2) is 12.4 Å². The minimum absolute atomic E-state index is 0.0261. The van der Waals surface area contributed by atoms with E-state index in [0.717, 1.165) is 38.5 Å². The van der Waals surface area contributed by atoms with Gasteiger partial charge in [-0.05, 0) is 32.5 Å². The van der Waals surface area contributed by atoms with Crippen molar-refractivity contribution in [2.24, 2.45) is 11.8 Å². The van der Waals surface area contributed by atoms with Crippen molar-refractivity contribution in [2.45, 2.75) is 26.2 Å². The number of likely N-dealkylation sites (N-methyl/N-ethyl adjacent to an activating group) is 1. The van der Waals surface area contributed by atoms with Gasteiger partial charge in [0.05, 0.1) is 5.56 Å². The number of carbonyl (C=O) groups excluding carboxylic acids is 1. The smallest absolute Gasteiger partial charge is 0.257 e. The van der Waals surface area contributed by atoms with Gasteiger partial charge in [0.25, 0.3) is 5.91 Å². The van der Waals surface area contributed by atoms with Crippen LogP contribution in [0.5, 0.6) is 0 Å². The number of carbonyl (C=O) groups is 1. The number of amides is 1. The van der Waals surface area contributed by atoms with Gasteiger partial charge < -0.3 is 19.8 Å². The second-order valence-corrected chi connectivity index (χ2v) is 8.35. The van der Waals surface area contributed by atoms with Gasteiger partial charge in [-0.25, -0.2) is 9.97 Å². The molecule has 2 aliphatic heterocycles. The highest BCUT2D eigenvalue weighted by Crippen LogP contribution is 2.26. The van der Waals surface area contributed by atoms with Gasteiger partial charge in [0, 0.05) is 63.6 Å². The van der Waals surface area contributed by atoms with E-state index in [2.05, 4.69) is 26.8 Å². The van der Waals surface area contributed by atoms with Crippen LogP contribution < -0.4 is 0 Å². The Hall–Kier alpha value is -1.57. The van der Waals surface area contributed by atoms with Crippen molar-refractivity contribution in [3.05, 3.63) is 23.8 Å². The normalized spacial score (nSPS) is 25.1. The molecule has 0 aliphatic carbocycles. The third kappa shape index (κ3) is 5.03. The van der Waals surface area contributed by atoms with Gasteiger partial charge in [0.15, 0.2) is 0 Å². The Balaban J connectivity index is 1.61. The summed E-state index contributed by atoms with van der Waals surface area (Å²) in [6, 6.07) is 0. The molecule has 1 aromatic heterocycles. The molecular formula is C20H33N5O2. The Morgan fingerprint density at radius 3 is 2.52 bits per heavy atom. The van der Waals surface area contributed by atoms with Crippen molar-refractivity contribution >= 4 is 5.91 Å². The van der Waals surface area contributed by atoms with E-state index in [0.29, 0.717) is 24.6 Å². The lowest BCUT2D eigenvalue weighted by atomic mass is 9.96. The largest absolute Gasteiger partial charge is 0.396 e. The molecule has 2 saturated heterocycles. The molecule has 2 fully saturated rings. The first-order valence-electron chi connectivity index (χ1n) is 10.1. The highest BCUT2D eigenvalue weighted by atomic mass is 16.3. The predicted octanol–water partition coefficient (Wildman–Crippen LogP) is 0.918. The third-order valence-corrected chi connectivity index (χ3v) is 5.84. The van der Waals surface area contributed by atoms with E-state index >= 15 is 0 Å². The number of aliphatic hydroxyl groups is 1. The maximum Gasteiger partial charge on any atom is 0.257 e. The molecule has 1 N–H and O–H groups in total. The molecule has 1 amide bonds. The topological polar surface area (TPSA) is 72.8 Å². The van der Waals surface area contributed by atoms with Crippen LogP contribution in [0, 0.1) is 11.8 Å². The van der Waals surface area contributed by atoms with Crippen LogP contribution in [0.25, 0.3) is 0 Å². The zero-order valence-corrected chi connectivity index (χ0v) is 16.8. The first kappa shape index (κ1) is 20.2. The fraction of sp³-hybridized carbons (Fsp3) is 0.750. The van der Waals surface area contributed by atoms with Crippen molar-refractivity contribution in [1.82, 2.24) is 24.7 Å². The molecule has 2 aliphatic rings. The van der Waals surface area contributed by atoms with Crippen LogP contribution in [-0.4, -0.2) is 95.1 Å². The lowest BCUT2D eigenvalue weighted by Gasteiger charge is -2.26. The summed E-state index contributed by atoms with van der Waals surface area (Å²) in [4.78, 5) is 28.2. The van der Waals surface area contributed by atoms with Gasteiger partial charge in [-0.2, -0.15) is 0 Å². The summed E-state index contributed by atoms with van der Waals surface area (Å²) in [6.07, 6.45) is 4.45. The van der Waals surface area contributed by atoms with E-state index in [1.807, 2.05) is 18.7 Å². The van der Waals surface area contributed by atoms with E-state index in [9.17, 15) is 9.90 Å². The molecule has 3 rings (SSSR count). The summed E-state index contributed by atoms with van der Waals surface area (Å²) in [5.74, 6) is 1.44. The van der Waals surface area contributed by atoms with Crippen molar-refractivity contribution < 1.29 is 9.90 Å². The first-order chi connectivity index (χ1) is 13.0. The SMILES string of the molecule is CC(C)c1ncc(C(=O)N2C[C@@H](CN3CCCN(C)CC3)[C@@H](CO)C2)cn1. The zero-order chi connectivity index (χ0) is 19.4. The van der Waals surface area contributed by atoms with Crippen molar-refractivity contribution in [2.75, 3.05) is 59.5 Å². The Labute approximate surface area is 162 Å². The number of hydrogen-bond donors (Lipinski definition) is 1. The van der Waals surface area contributed by atoms with E-state index in [4.69, 9.17) is 0 Å². The Kier molecular flexibility index (Phi) is 6.78. The van der Waals surface area contributed by atoms with Crippen molar-refractivity contribution in [3.63, 3.8) is 0 Å². The zero-order valence-electron chi connectivity index (χ0n) is 16.8. The molecule has 0 spiro atoms. The summed E-state index contributed by atoms with van der Waals surface area (Å²) in [5.41, 5.74) is 0.535. The predicted molar refractivity (Wildman–Crippen MR) is 105 cm³/mol. The molecule has 7 heteroatoms. The molecule has 0 saturated carbocycles. The molecular weight excluding hydrogens is 342 g/mol.